The number of nitro benzene ring substituents is 1. The van der Waals surface area contributed by atoms with Gasteiger partial charge in [0.05, 0.1) is 4.92 Å². The Hall–Kier alpha value is -3.49. The van der Waals surface area contributed by atoms with Crippen LogP contribution in [0, 0.1) is 29.8 Å². The lowest BCUT2D eigenvalue weighted by molar-refractivity contribution is -0.387. The van der Waals surface area contributed by atoms with Crippen LogP contribution in [0.3, 0.4) is 0 Å². The first-order valence-electron chi connectivity index (χ1n) is 7.51. The monoisotopic (exact) mass is 361 g/mol. The van der Waals surface area contributed by atoms with Crippen LogP contribution in [0.1, 0.15) is 21.5 Å². The lowest BCUT2D eigenvalue weighted by Gasteiger charge is -2.12. The molecule has 9 heteroatoms. The number of nitrogens with zero attached hydrogens (tertiary/aromatic N) is 1. The van der Waals surface area contributed by atoms with Crippen LogP contribution < -0.4 is 15.6 Å². The van der Waals surface area contributed by atoms with E-state index in [1.165, 1.54) is 0 Å². The highest BCUT2D eigenvalue weighted by Crippen LogP contribution is 2.22. The van der Waals surface area contributed by atoms with Crippen molar-refractivity contribution < 1.29 is 23.6 Å². The van der Waals surface area contributed by atoms with Crippen LogP contribution in [-0.2, 0) is 4.79 Å². The molecule has 0 aliphatic heterocycles. The minimum absolute atomic E-state index is 0.172. The van der Waals surface area contributed by atoms with Crippen LogP contribution in [0.5, 0.6) is 5.75 Å². The third kappa shape index (κ3) is 4.53. The van der Waals surface area contributed by atoms with E-state index >= 15 is 0 Å². The van der Waals surface area contributed by atoms with Gasteiger partial charge in [-0.2, -0.15) is 4.39 Å². The highest BCUT2D eigenvalue weighted by molar-refractivity contribution is 5.96. The van der Waals surface area contributed by atoms with E-state index in [1.54, 1.807) is 0 Å². The van der Waals surface area contributed by atoms with Gasteiger partial charge < -0.3 is 4.74 Å². The number of amides is 2. The Bertz CT molecular complexity index is 849. The van der Waals surface area contributed by atoms with Gasteiger partial charge in [0.2, 0.25) is 5.82 Å². The van der Waals surface area contributed by atoms with Crippen LogP contribution in [0.2, 0.25) is 0 Å². The summed E-state index contributed by atoms with van der Waals surface area (Å²) in [5, 5.41) is 10.7. The fourth-order valence-corrected chi connectivity index (χ4v) is 2.19. The summed E-state index contributed by atoms with van der Waals surface area (Å²) in [5.74, 6) is -1.94. The van der Waals surface area contributed by atoms with Crippen molar-refractivity contribution in [1.29, 1.82) is 0 Å². The largest absolute Gasteiger partial charge is 0.483 e. The quantitative estimate of drug-likeness (QED) is 0.626. The van der Waals surface area contributed by atoms with Crippen molar-refractivity contribution in [2.24, 2.45) is 0 Å². The molecule has 0 spiro atoms. The molecule has 0 aliphatic rings. The van der Waals surface area contributed by atoms with Gasteiger partial charge in [0.15, 0.2) is 6.61 Å². The van der Waals surface area contributed by atoms with Gasteiger partial charge in [-0.3, -0.25) is 30.6 Å². The molecule has 2 aromatic carbocycles. The highest BCUT2D eigenvalue weighted by atomic mass is 19.1. The molecule has 136 valence electrons. The molecular formula is C17H16FN3O5. The minimum Gasteiger partial charge on any atom is -0.483 e. The van der Waals surface area contributed by atoms with Crippen LogP contribution in [0.25, 0.3) is 0 Å². The second-order valence-corrected chi connectivity index (χ2v) is 5.44. The number of benzene rings is 2. The molecule has 8 nitrogen and oxygen atoms in total. The van der Waals surface area contributed by atoms with Crippen LogP contribution in [0.4, 0.5) is 10.1 Å². The lowest BCUT2D eigenvalue weighted by Crippen LogP contribution is -2.43. The van der Waals surface area contributed by atoms with E-state index in [4.69, 9.17) is 4.74 Å². The summed E-state index contributed by atoms with van der Waals surface area (Å²) in [4.78, 5) is 33.4. The van der Waals surface area contributed by atoms with Gasteiger partial charge in [0.1, 0.15) is 5.75 Å². The number of rotatable bonds is 5. The number of halogens is 1. The molecule has 0 aliphatic carbocycles. The first kappa shape index (κ1) is 18.8. The fraction of sp³-hybridized carbons (Fsp3) is 0.176. The number of nitrogens with one attached hydrogen (secondary N) is 2. The van der Waals surface area contributed by atoms with E-state index in [1.807, 2.05) is 32.0 Å². The highest BCUT2D eigenvalue weighted by Gasteiger charge is 2.18. The van der Waals surface area contributed by atoms with Gasteiger partial charge in [0, 0.05) is 11.6 Å². The van der Waals surface area contributed by atoms with E-state index in [0.717, 1.165) is 29.3 Å². The van der Waals surface area contributed by atoms with Gasteiger partial charge in [-0.25, -0.2) is 0 Å². The molecule has 2 rings (SSSR count). The summed E-state index contributed by atoms with van der Waals surface area (Å²) in [6.45, 7) is 3.34. The van der Waals surface area contributed by atoms with Gasteiger partial charge in [-0.15, -0.1) is 0 Å². The zero-order chi connectivity index (χ0) is 19.3. The number of carbonyl (C=O) groups is 2. The lowest BCUT2D eigenvalue weighted by atomic mass is 10.1. The van der Waals surface area contributed by atoms with Crippen molar-refractivity contribution in [2.45, 2.75) is 13.8 Å². The smallest absolute Gasteiger partial charge is 0.305 e. The SMILES string of the molecule is Cc1cccc(C)c1OCC(=O)NNC(=O)c1ccc(F)c([N+](=O)[O-])c1. The zero-order valence-electron chi connectivity index (χ0n) is 14.0. The van der Waals surface area contributed by atoms with Gasteiger partial charge in [-0.05, 0) is 37.1 Å². The third-order valence-electron chi connectivity index (χ3n) is 3.48. The van der Waals surface area contributed by atoms with Crippen molar-refractivity contribution in [3.8, 4) is 5.75 Å². The average molecular weight is 361 g/mol. The molecule has 0 aromatic heterocycles. The summed E-state index contributed by atoms with van der Waals surface area (Å²) >= 11 is 0. The van der Waals surface area contributed by atoms with Gasteiger partial charge >= 0.3 is 5.69 Å². The summed E-state index contributed by atoms with van der Waals surface area (Å²) in [7, 11) is 0. The van der Waals surface area contributed by atoms with Crippen molar-refractivity contribution >= 4 is 17.5 Å². The van der Waals surface area contributed by atoms with E-state index in [2.05, 4.69) is 10.9 Å². The molecule has 0 atom stereocenters. The van der Waals surface area contributed by atoms with E-state index in [-0.39, 0.29) is 12.2 Å². The molecule has 2 N–H and O–H groups in total. The van der Waals surface area contributed by atoms with Crippen molar-refractivity contribution in [2.75, 3.05) is 6.61 Å². The minimum atomic E-state index is -1.06. The molecule has 26 heavy (non-hydrogen) atoms. The average Bonchev–Trinajstić information content (AvgIpc) is 2.59. The number of aryl methyl sites for hydroxylation is 2. The molecule has 0 saturated heterocycles. The maximum Gasteiger partial charge on any atom is 0.305 e. The predicted octanol–water partition coefficient (Wildman–Crippen LogP) is 2.19. The second-order valence-electron chi connectivity index (χ2n) is 5.44. The Morgan fingerprint density at radius 1 is 1.15 bits per heavy atom. The first-order chi connectivity index (χ1) is 12.3. The van der Waals surface area contributed by atoms with E-state index in [9.17, 15) is 24.1 Å². The summed E-state index contributed by atoms with van der Waals surface area (Å²) < 4.78 is 18.7. The Morgan fingerprint density at radius 2 is 1.81 bits per heavy atom. The second kappa shape index (κ2) is 8.06. The van der Waals surface area contributed by atoms with Crippen LogP contribution in [-0.4, -0.2) is 23.3 Å². The predicted molar refractivity (Wildman–Crippen MR) is 90.1 cm³/mol. The van der Waals surface area contributed by atoms with Crippen molar-refractivity contribution in [1.82, 2.24) is 10.9 Å². The van der Waals surface area contributed by atoms with Crippen LogP contribution in [0.15, 0.2) is 36.4 Å². The Balaban J connectivity index is 1.92. The molecule has 0 heterocycles. The summed E-state index contributed by atoms with van der Waals surface area (Å²) in [5.41, 5.74) is 4.93. The number of carbonyl (C=O) groups excluding carboxylic acids is 2. The molecule has 0 bridgehead atoms. The molecule has 0 unspecified atom stereocenters. The number of hydrogen-bond acceptors (Lipinski definition) is 5. The van der Waals surface area contributed by atoms with Gasteiger partial charge in [-0.1, -0.05) is 18.2 Å². The number of hydrazine groups is 1. The van der Waals surface area contributed by atoms with E-state index < -0.39 is 28.2 Å². The number of nitro groups is 1. The molecule has 2 aromatic rings. The molecular weight excluding hydrogens is 345 g/mol. The summed E-state index contributed by atoms with van der Waals surface area (Å²) in [6, 6.07) is 8.19. The maximum absolute atomic E-state index is 13.3. The maximum atomic E-state index is 13.3. The number of hydrogen-bond donors (Lipinski definition) is 2. The number of ether oxygens (including phenoxy) is 1. The topological polar surface area (TPSA) is 111 Å². The fourth-order valence-electron chi connectivity index (χ4n) is 2.19. The zero-order valence-corrected chi connectivity index (χ0v) is 14.0. The van der Waals surface area contributed by atoms with E-state index in [0.29, 0.717) is 5.75 Å². The Labute approximate surface area is 148 Å². The standard InChI is InChI=1S/C17H16FN3O5/c1-10-4-3-5-11(2)16(10)26-9-15(22)19-20-17(23)12-6-7-13(18)14(8-12)21(24)25/h3-8H,9H2,1-2H3,(H,19,22)(H,20,23). The Morgan fingerprint density at radius 3 is 2.42 bits per heavy atom. The molecule has 0 radical (unpaired) electrons. The van der Waals surface area contributed by atoms with Crippen LogP contribution >= 0.6 is 0 Å². The van der Waals surface area contributed by atoms with Crippen molar-refractivity contribution in [3.05, 3.63) is 69.0 Å². The first-order valence-corrected chi connectivity index (χ1v) is 7.51. The summed E-state index contributed by atoms with van der Waals surface area (Å²) in [6.07, 6.45) is 0. The normalized spacial score (nSPS) is 10.1. The molecule has 0 fully saturated rings. The third-order valence-corrected chi connectivity index (χ3v) is 3.48. The molecule has 0 saturated carbocycles. The van der Waals surface area contributed by atoms with Crippen molar-refractivity contribution in [3.63, 3.8) is 0 Å². The van der Waals surface area contributed by atoms with Gasteiger partial charge in [0.25, 0.3) is 11.8 Å². The number of para-hydroxylation sites is 1. The Kier molecular flexibility index (Phi) is 5.84. The molecule has 2 amide bonds.